The Morgan fingerprint density at radius 3 is 2.65 bits per heavy atom. The second-order valence-electron chi connectivity index (χ2n) is 5.48. The highest BCUT2D eigenvalue weighted by Crippen LogP contribution is 2.25. The molecule has 2 atom stereocenters. The standard InChI is InChI=1S/C12H18F3N3O2/c13-12(14,15)7-18-5-8(4-10(18)19)11(20)17-3-1-2-9(16)6-17/h8-9H,1-7,16H2/t8-,9+/m1/s1. The molecule has 2 amide bonds. The zero-order chi connectivity index (χ0) is 14.9. The highest BCUT2D eigenvalue weighted by molar-refractivity contribution is 5.89. The van der Waals surface area contributed by atoms with Gasteiger partial charge in [0.25, 0.3) is 0 Å². The van der Waals surface area contributed by atoms with Crippen LogP contribution in [-0.2, 0) is 9.59 Å². The van der Waals surface area contributed by atoms with Crippen LogP contribution in [0, 0.1) is 5.92 Å². The van der Waals surface area contributed by atoms with E-state index in [1.165, 1.54) is 0 Å². The molecule has 2 fully saturated rings. The number of hydrogen-bond acceptors (Lipinski definition) is 3. The fraction of sp³-hybridized carbons (Fsp3) is 0.833. The SMILES string of the molecule is N[C@H]1CCCN(C(=O)[C@@H]2CC(=O)N(CC(F)(F)F)C2)C1. The largest absolute Gasteiger partial charge is 0.406 e. The van der Waals surface area contributed by atoms with Crippen LogP contribution in [0.1, 0.15) is 19.3 Å². The van der Waals surface area contributed by atoms with Gasteiger partial charge in [-0.15, -0.1) is 0 Å². The molecule has 2 saturated heterocycles. The van der Waals surface area contributed by atoms with Crippen LogP contribution in [-0.4, -0.2) is 60.0 Å². The highest BCUT2D eigenvalue weighted by Gasteiger charge is 2.42. The van der Waals surface area contributed by atoms with E-state index in [4.69, 9.17) is 5.73 Å². The van der Waals surface area contributed by atoms with Gasteiger partial charge in [0.1, 0.15) is 6.54 Å². The van der Waals surface area contributed by atoms with Gasteiger partial charge in [-0.1, -0.05) is 0 Å². The Kier molecular flexibility index (Phi) is 4.22. The molecular weight excluding hydrogens is 275 g/mol. The molecule has 2 aliphatic rings. The number of alkyl halides is 3. The van der Waals surface area contributed by atoms with Crippen LogP contribution in [0.2, 0.25) is 0 Å². The first-order chi connectivity index (χ1) is 9.26. The maximum atomic E-state index is 12.3. The van der Waals surface area contributed by atoms with E-state index in [1.54, 1.807) is 4.90 Å². The topological polar surface area (TPSA) is 66.6 Å². The number of likely N-dealkylation sites (tertiary alicyclic amines) is 2. The summed E-state index contributed by atoms with van der Waals surface area (Å²) in [6, 6.07) is -0.0870. The second-order valence-corrected chi connectivity index (χ2v) is 5.48. The molecule has 0 aromatic rings. The van der Waals surface area contributed by atoms with Crippen LogP contribution in [0.3, 0.4) is 0 Å². The first kappa shape index (κ1) is 15.1. The van der Waals surface area contributed by atoms with Gasteiger partial charge >= 0.3 is 6.18 Å². The van der Waals surface area contributed by atoms with Crippen LogP contribution in [0.15, 0.2) is 0 Å². The molecule has 20 heavy (non-hydrogen) atoms. The lowest BCUT2D eigenvalue weighted by Gasteiger charge is -2.32. The molecule has 2 rings (SSSR count). The molecule has 5 nitrogen and oxygen atoms in total. The van der Waals surface area contributed by atoms with Crippen molar-refractivity contribution < 1.29 is 22.8 Å². The summed E-state index contributed by atoms with van der Waals surface area (Å²) in [7, 11) is 0. The molecular formula is C12H18F3N3O2. The smallest absolute Gasteiger partial charge is 0.341 e. The van der Waals surface area contributed by atoms with E-state index >= 15 is 0 Å². The monoisotopic (exact) mass is 293 g/mol. The highest BCUT2D eigenvalue weighted by atomic mass is 19.4. The van der Waals surface area contributed by atoms with E-state index < -0.39 is 24.5 Å². The number of halogens is 3. The van der Waals surface area contributed by atoms with Gasteiger partial charge in [0.2, 0.25) is 11.8 Å². The molecule has 0 spiro atoms. The minimum Gasteiger partial charge on any atom is -0.341 e. The Labute approximate surface area is 114 Å². The summed E-state index contributed by atoms with van der Waals surface area (Å²) in [5, 5.41) is 0. The van der Waals surface area contributed by atoms with E-state index in [0.717, 1.165) is 12.8 Å². The zero-order valence-corrected chi connectivity index (χ0v) is 11.0. The van der Waals surface area contributed by atoms with E-state index in [9.17, 15) is 22.8 Å². The second kappa shape index (κ2) is 5.59. The van der Waals surface area contributed by atoms with Crippen molar-refractivity contribution in [1.82, 2.24) is 9.80 Å². The summed E-state index contributed by atoms with van der Waals surface area (Å²) in [6.07, 6.45) is -2.94. The first-order valence-electron chi connectivity index (χ1n) is 6.65. The number of nitrogens with zero attached hydrogens (tertiary/aromatic N) is 2. The predicted octanol–water partition coefficient (Wildman–Crippen LogP) is 0.347. The summed E-state index contributed by atoms with van der Waals surface area (Å²) < 4.78 is 36.9. The fourth-order valence-corrected chi connectivity index (χ4v) is 2.78. The molecule has 2 aliphatic heterocycles. The minimum absolute atomic E-state index is 0.0870. The summed E-state index contributed by atoms with van der Waals surface area (Å²) in [6.45, 7) is -0.447. The molecule has 114 valence electrons. The average Bonchev–Trinajstić information content (AvgIpc) is 2.68. The normalized spacial score (nSPS) is 28.1. The third-order valence-electron chi connectivity index (χ3n) is 3.70. The lowest BCUT2D eigenvalue weighted by molar-refractivity contribution is -0.157. The number of carbonyl (C=O) groups excluding carboxylic acids is 2. The van der Waals surface area contributed by atoms with Crippen LogP contribution < -0.4 is 5.73 Å². The van der Waals surface area contributed by atoms with Crippen molar-refractivity contribution in [2.75, 3.05) is 26.2 Å². The third kappa shape index (κ3) is 3.62. The van der Waals surface area contributed by atoms with E-state index in [0.29, 0.717) is 18.0 Å². The molecule has 0 saturated carbocycles. The lowest BCUT2D eigenvalue weighted by Crippen LogP contribution is -2.48. The third-order valence-corrected chi connectivity index (χ3v) is 3.70. The predicted molar refractivity (Wildman–Crippen MR) is 64.5 cm³/mol. The zero-order valence-electron chi connectivity index (χ0n) is 11.0. The number of hydrogen-bond donors (Lipinski definition) is 1. The van der Waals surface area contributed by atoms with Gasteiger partial charge in [0.05, 0.1) is 5.92 Å². The van der Waals surface area contributed by atoms with Crippen LogP contribution in [0.25, 0.3) is 0 Å². The molecule has 2 heterocycles. The molecule has 0 radical (unpaired) electrons. The Morgan fingerprint density at radius 2 is 2.05 bits per heavy atom. The number of carbonyl (C=O) groups is 2. The molecule has 8 heteroatoms. The van der Waals surface area contributed by atoms with Gasteiger partial charge < -0.3 is 15.5 Å². The number of amides is 2. The Bertz CT molecular complexity index is 400. The van der Waals surface area contributed by atoms with Crippen LogP contribution in [0.4, 0.5) is 13.2 Å². The van der Waals surface area contributed by atoms with Crippen molar-refractivity contribution in [3.8, 4) is 0 Å². The average molecular weight is 293 g/mol. The van der Waals surface area contributed by atoms with Gasteiger partial charge in [-0.2, -0.15) is 13.2 Å². The lowest BCUT2D eigenvalue weighted by atomic mass is 10.0. The number of rotatable bonds is 2. The van der Waals surface area contributed by atoms with E-state index in [-0.39, 0.29) is 24.9 Å². The molecule has 0 aromatic carbocycles. The molecule has 0 unspecified atom stereocenters. The van der Waals surface area contributed by atoms with E-state index in [2.05, 4.69) is 0 Å². The Morgan fingerprint density at radius 1 is 1.35 bits per heavy atom. The Balaban J connectivity index is 1.94. The molecule has 2 N–H and O–H groups in total. The fourth-order valence-electron chi connectivity index (χ4n) is 2.78. The molecule has 0 aromatic heterocycles. The summed E-state index contributed by atoms with van der Waals surface area (Å²) in [5.41, 5.74) is 5.78. The van der Waals surface area contributed by atoms with Crippen molar-refractivity contribution in [3.63, 3.8) is 0 Å². The van der Waals surface area contributed by atoms with Gasteiger partial charge in [-0.25, -0.2) is 0 Å². The Hall–Kier alpha value is -1.31. The van der Waals surface area contributed by atoms with Crippen molar-refractivity contribution in [1.29, 1.82) is 0 Å². The summed E-state index contributed by atoms with van der Waals surface area (Å²) in [4.78, 5) is 26.0. The molecule has 0 bridgehead atoms. The van der Waals surface area contributed by atoms with Gasteiger partial charge in [0.15, 0.2) is 0 Å². The van der Waals surface area contributed by atoms with E-state index in [1.807, 2.05) is 0 Å². The van der Waals surface area contributed by atoms with Crippen molar-refractivity contribution in [3.05, 3.63) is 0 Å². The van der Waals surface area contributed by atoms with Crippen molar-refractivity contribution >= 4 is 11.8 Å². The summed E-state index contributed by atoms with van der Waals surface area (Å²) >= 11 is 0. The van der Waals surface area contributed by atoms with Crippen molar-refractivity contribution in [2.24, 2.45) is 11.7 Å². The van der Waals surface area contributed by atoms with Crippen molar-refractivity contribution in [2.45, 2.75) is 31.5 Å². The van der Waals surface area contributed by atoms with Gasteiger partial charge in [-0.3, -0.25) is 9.59 Å². The van der Waals surface area contributed by atoms with Gasteiger partial charge in [-0.05, 0) is 12.8 Å². The maximum Gasteiger partial charge on any atom is 0.406 e. The van der Waals surface area contributed by atoms with Crippen LogP contribution in [0.5, 0.6) is 0 Å². The van der Waals surface area contributed by atoms with Crippen LogP contribution >= 0.6 is 0 Å². The first-order valence-corrected chi connectivity index (χ1v) is 6.65. The number of piperidine rings is 1. The quantitative estimate of drug-likeness (QED) is 0.799. The van der Waals surface area contributed by atoms with Gasteiger partial charge in [0, 0.05) is 32.1 Å². The summed E-state index contributed by atoms with van der Waals surface area (Å²) in [5.74, 6) is -1.53. The maximum absolute atomic E-state index is 12.3. The molecule has 0 aliphatic carbocycles. The minimum atomic E-state index is -4.43. The number of nitrogens with two attached hydrogens (primary N) is 1.